The number of aromatic nitrogens is 2. The molecule has 0 saturated carbocycles. The second-order valence-electron chi connectivity index (χ2n) is 6.31. The van der Waals surface area contributed by atoms with Crippen molar-refractivity contribution in [1.29, 1.82) is 0 Å². The predicted octanol–water partition coefficient (Wildman–Crippen LogP) is 4.59. The van der Waals surface area contributed by atoms with Crippen LogP contribution in [-0.4, -0.2) is 35.6 Å². The van der Waals surface area contributed by atoms with Crippen LogP contribution in [0.25, 0.3) is 11.0 Å². The Hall–Kier alpha value is -0.780. The minimum Gasteiger partial charge on any atom is -0.317 e. The summed E-state index contributed by atoms with van der Waals surface area (Å²) in [4.78, 5) is 9.72. The molecule has 0 fully saturated rings. The number of fused-ring (bicyclic) bond motifs is 1. The zero-order valence-corrected chi connectivity index (χ0v) is 16.5. The Morgan fingerprint density at radius 1 is 1.04 bits per heavy atom. The molecule has 0 aliphatic carbocycles. The molecule has 0 aliphatic rings. The Balaban J connectivity index is 2.52. The Bertz CT molecular complexity index is 702. The molecule has 0 aliphatic heterocycles. The van der Waals surface area contributed by atoms with Crippen molar-refractivity contribution < 1.29 is 4.57 Å². The fourth-order valence-electron chi connectivity index (χ4n) is 2.62. The third-order valence-electron chi connectivity index (χ3n) is 4.13. The van der Waals surface area contributed by atoms with E-state index in [0.717, 1.165) is 47.1 Å². The predicted molar refractivity (Wildman–Crippen MR) is 105 cm³/mol. The second kappa shape index (κ2) is 8.36. The zero-order valence-electron chi connectivity index (χ0n) is 14.7. The molecule has 0 radical (unpaired) electrons. The topological polar surface area (TPSA) is 42.9 Å². The van der Waals surface area contributed by atoms with Crippen molar-refractivity contribution in [3.05, 3.63) is 24.3 Å². The van der Waals surface area contributed by atoms with Crippen LogP contribution in [0.4, 0.5) is 0 Å². The Morgan fingerprint density at radius 2 is 1.65 bits per heavy atom. The molecule has 0 spiro atoms. The summed E-state index contributed by atoms with van der Waals surface area (Å²) in [6.07, 6.45) is 6.30. The summed E-state index contributed by atoms with van der Waals surface area (Å²) in [5.74, 6) is 0. The fraction of sp³-hybridized carbons (Fsp3) is 0.556. The van der Waals surface area contributed by atoms with Crippen LogP contribution >= 0.6 is 15.1 Å². The number of hydrogen-bond acceptors (Lipinski definition) is 3. The van der Waals surface area contributed by atoms with Gasteiger partial charge in [-0.25, -0.2) is 9.97 Å². The van der Waals surface area contributed by atoms with Gasteiger partial charge in [0.05, 0.1) is 16.5 Å². The molecule has 126 valence electrons. The van der Waals surface area contributed by atoms with Crippen LogP contribution in [0, 0.1) is 0 Å². The third-order valence-corrected chi connectivity index (χ3v) is 8.71. The summed E-state index contributed by atoms with van der Waals surface area (Å²) in [5.41, 5.74) is 3.61. The Labute approximate surface area is 141 Å². The van der Waals surface area contributed by atoms with Gasteiger partial charge in [0.15, 0.2) is 0 Å². The number of nitrogens with zero attached hydrogens (tertiary/aromatic N) is 2. The SMILES string of the molecule is CCCCP(C)c1nc2ccccc2nc1[P@@](C)(=O)CCCC. The van der Waals surface area contributed by atoms with E-state index in [0.29, 0.717) is 0 Å². The molecule has 1 heterocycles. The van der Waals surface area contributed by atoms with Crippen LogP contribution in [0.5, 0.6) is 0 Å². The molecular weight excluding hydrogens is 322 g/mol. The lowest BCUT2D eigenvalue weighted by atomic mass is 10.3. The summed E-state index contributed by atoms with van der Waals surface area (Å²) in [6.45, 7) is 8.50. The van der Waals surface area contributed by atoms with Crippen LogP contribution in [-0.2, 0) is 4.57 Å². The standard InChI is InChI=1S/C18H28N2OP2/c1-5-7-13-22(3)17-18(23(4,21)14-8-6-2)20-16-12-10-9-11-15(16)19-17/h9-12H,5-8,13-14H2,1-4H3/t22?,23-/m0/s1. The van der Waals surface area contributed by atoms with E-state index >= 15 is 0 Å². The average Bonchev–Trinajstić information content (AvgIpc) is 2.56. The lowest BCUT2D eigenvalue weighted by Crippen LogP contribution is -2.31. The van der Waals surface area contributed by atoms with E-state index in [-0.39, 0.29) is 0 Å². The van der Waals surface area contributed by atoms with E-state index in [1.807, 2.05) is 30.9 Å². The van der Waals surface area contributed by atoms with Crippen LogP contribution < -0.4 is 10.9 Å². The quantitative estimate of drug-likeness (QED) is 0.654. The molecule has 0 saturated heterocycles. The van der Waals surface area contributed by atoms with E-state index in [1.54, 1.807) is 0 Å². The van der Waals surface area contributed by atoms with Gasteiger partial charge in [0.2, 0.25) is 0 Å². The van der Waals surface area contributed by atoms with Crippen molar-refractivity contribution in [3.8, 4) is 0 Å². The van der Waals surface area contributed by atoms with Gasteiger partial charge in [-0.05, 0) is 44.5 Å². The molecule has 23 heavy (non-hydrogen) atoms. The lowest BCUT2D eigenvalue weighted by molar-refractivity contribution is 0.582. The zero-order chi connectivity index (χ0) is 16.9. The Morgan fingerprint density at radius 3 is 2.26 bits per heavy atom. The van der Waals surface area contributed by atoms with Crippen molar-refractivity contribution in [2.75, 3.05) is 25.7 Å². The lowest BCUT2D eigenvalue weighted by Gasteiger charge is -2.20. The van der Waals surface area contributed by atoms with Gasteiger partial charge in [-0.2, -0.15) is 0 Å². The van der Waals surface area contributed by atoms with Crippen LogP contribution in [0.1, 0.15) is 39.5 Å². The molecule has 0 bridgehead atoms. The van der Waals surface area contributed by atoms with Gasteiger partial charge in [-0.15, -0.1) is 0 Å². The van der Waals surface area contributed by atoms with Gasteiger partial charge in [0, 0.05) is 6.16 Å². The summed E-state index contributed by atoms with van der Waals surface area (Å²) in [5, 5.41) is 0. The van der Waals surface area contributed by atoms with E-state index in [1.165, 1.54) is 12.8 Å². The van der Waals surface area contributed by atoms with Crippen LogP contribution in [0.15, 0.2) is 24.3 Å². The van der Waals surface area contributed by atoms with Gasteiger partial charge in [0.25, 0.3) is 0 Å². The molecule has 2 rings (SSSR count). The highest BCUT2D eigenvalue weighted by Crippen LogP contribution is 2.43. The molecule has 1 unspecified atom stereocenters. The van der Waals surface area contributed by atoms with Gasteiger partial charge >= 0.3 is 0 Å². The van der Waals surface area contributed by atoms with Gasteiger partial charge in [-0.3, -0.25) is 0 Å². The smallest absolute Gasteiger partial charge is 0.132 e. The summed E-state index contributed by atoms with van der Waals surface area (Å²) >= 11 is 0. The molecule has 0 amide bonds. The highest BCUT2D eigenvalue weighted by Gasteiger charge is 2.27. The molecule has 1 aromatic heterocycles. The van der Waals surface area contributed by atoms with Crippen LogP contribution in [0.2, 0.25) is 0 Å². The van der Waals surface area contributed by atoms with Crippen molar-refractivity contribution >= 4 is 37.0 Å². The molecule has 5 heteroatoms. The first-order valence-corrected chi connectivity index (χ1v) is 12.9. The first kappa shape index (κ1) is 18.6. The monoisotopic (exact) mass is 350 g/mol. The summed E-state index contributed by atoms with van der Waals surface area (Å²) in [6, 6.07) is 7.94. The maximum Gasteiger partial charge on any atom is 0.132 e. The van der Waals surface area contributed by atoms with Crippen molar-refractivity contribution in [3.63, 3.8) is 0 Å². The maximum atomic E-state index is 13.3. The minimum atomic E-state index is -2.45. The highest BCUT2D eigenvalue weighted by atomic mass is 31.2. The van der Waals surface area contributed by atoms with E-state index in [4.69, 9.17) is 9.97 Å². The molecule has 3 nitrogen and oxygen atoms in total. The van der Waals surface area contributed by atoms with E-state index in [9.17, 15) is 4.57 Å². The van der Waals surface area contributed by atoms with E-state index in [2.05, 4.69) is 20.5 Å². The molecule has 1 aromatic carbocycles. The van der Waals surface area contributed by atoms with Crippen molar-refractivity contribution in [2.45, 2.75) is 39.5 Å². The molecule has 0 N–H and O–H groups in total. The van der Waals surface area contributed by atoms with E-state index < -0.39 is 15.1 Å². The number of rotatable bonds is 8. The largest absolute Gasteiger partial charge is 0.317 e. The van der Waals surface area contributed by atoms with Gasteiger partial charge in [-0.1, -0.05) is 46.7 Å². The minimum absolute atomic E-state index is 0.401. The first-order chi connectivity index (χ1) is 11.0. The van der Waals surface area contributed by atoms with Gasteiger partial charge < -0.3 is 4.57 Å². The second-order valence-corrected chi connectivity index (χ2v) is 11.7. The summed E-state index contributed by atoms with van der Waals surface area (Å²) in [7, 11) is -2.85. The summed E-state index contributed by atoms with van der Waals surface area (Å²) < 4.78 is 13.3. The number of hydrogen-bond donors (Lipinski definition) is 0. The maximum absolute atomic E-state index is 13.3. The molecule has 2 aromatic rings. The normalized spacial score (nSPS) is 15.5. The van der Waals surface area contributed by atoms with Crippen LogP contribution in [0.3, 0.4) is 0 Å². The number of unbranched alkanes of at least 4 members (excludes halogenated alkanes) is 2. The number of para-hydroxylation sites is 2. The first-order valence-electron chi connectivity index (χ1n) is 8.54. The average molecular weight is 350 g/mol. The Kier molecular flexibility index (Phi) is 6.74. The van der Waals surface area contributed by atoms with Crippen molar-refractivity contribution in [2.24, 2.45) is 0 Å². The third kappa shape index (κ3) is 4.61. The fourth-order valence-corrected chi connectivity index (χ4v) is 7.36. The number of benzene rings is 1. The van der Waals surface area contributed by atoms with Gasteiger partial charge in [0.1, 0.15) is 12.6 Å². The molecular formula is C18H28N2OP2. The van der Waals surface area contributed by atoms with Crippen molar-refractivity contribution in [1.82, 2.24) is 9.97 Å². The highest BCUT2D eigenvalue weighted by molar-refractivity contribution is 7.74. The molecule has 2 atom stereocenters.